The van der Waals surface area contributed by atoms with E-state index in [-0.39, 0.29) is 17.8 Å². The summed E-state index contributed by atoms with van der Waals surface area (Å²) in [4.78, 5) is 17.4. The van der Waals surface area contributed by atoms with Crippen molar-refractivity contribution < 1.29 is 9.18 Å². The Labute approximate surface area is 168 Å². The predicted molar refractivity (Wildman–Crippen MR) is 106 cm³/mol. The molecule has 3 atom stereocenters. The average molecular weight is 391 g/mol. The van der Waals surface area contributed by atoms with Crippen LogP contribution in [0.2, 0.25) is 0 Å². The Morgan fingerprint density at radius 3 is 2.62 bits per heavy atom. The van der Waals surface area contributed by atoms with Gasteiger partial charge >= 0.3 is 0 Å². The van der Waals surface area contributed by atoms with Gasteiger partial charge in [-0.1, -0.05) is 18.2 Å². The SMILES string of the molecule is CN1C[C@H]2CN(C(=O)c3cccc(-n4cnnc4)c3)C[C@H]2[C@@H]1c1cccc(F)c1. The third kappa shape index (κ3) is 3.21. The van der Waals surface area contributed by atoms with Crippen LogP contribution in [-0.2, 0) is 0 Å². The largest absolute Gasteiger partial charge is 0.338 e. The summed E-state index contributed by atoms with van der Waals surface area (Å²) < 4.78 is 15.6. The highest BCUT2D eigenvalue weighted by Crippen LogP contribution is 2.44. The van der Waals surface area contributed by atoms with Crippen molar-refractivity contribution in [1.82, 2.24) is 24.6 Å². The Balaban J connectivity index is 1.37. The van der Waals surface area contributed by atoms with E-state index < -0.39 is 0 Å². The smallest absolute Gasteiger partial charge is 0.253 e. The van der Waals surface area contributed by atoms with Gasteiger partial charge in [0, 0.05) is 42.8 Å². The van der Waals surface area contributed by atoms with E-state index in [4.69, 9.17) is 0 Å². The molecule has 3 aromatic rings. The number of aromatic nitrogens is 3. The second-order valence-corrected chi connectivity index (χ2v) is 7.99. The second kappa shape index (κ2) is 7.08. The molecule has 3 heterocycles. The van der Waals surface area contributed by atoms with Crippen LogP contribution in [0, 0.1) is 17.7 Å². The molecular formula is C22H22FN5O. The number of hydrogen-bond donors (Lipinski definition) is 0. The van der Waals surface area contributed by atoms with Crippen LogP contribution in [0.5, 0.6) is 0 Å². The van der Waals surface area contributed by atoms with Crippen molar-refractivity contribution in [1.29, 1.82) is 0 Å². The lowest BCUT2D eigenvalue weighted by Crippen LogP contribution is -2.33. The van der Waals surface area contributed by atoms with Crippen molar-refractivity contribution in [3.63, 3.8) is 0 Å². The van der Waals surface area contributed by atoms with Crippen molar-refractivity contribution in [3.8, 4) is 5.69 Å². The minimum atomic E-state index is -0.212. The summed E-state index contributed by atoms with van der Waals surface area (Å²) in [7, 11) is 2.09. The van der Waals surface area contributed by atoms with Crippen molar-refractivity contribution in [2.24, 2.45) is 11.8 Å². The summed E-state index contributed by atoms with van der Waals surface area (Å²) in [5.41, 5.74) is 2.51. The Kier molecular flexibility index (Phi) is 4.39. The molecule has 2 aromatic carbocycles. The number of carbonyl (C=O) groups excluding carboxylic acids is 1. The Hall–Kier alpha value is -3.06. The van der Waals surface area contributed by atoms with Crippen LogP contribution in [0.3, 0.4) is 0 Å². The topological polar surface area (TPSA) is 54.3 Å². The molecule has 1 amide bonds. The van der Waals surface area contributed by atoms with Crippen LogP contribution in [0.15, 0.2) is 61.2 Å². The number of halogens is 1. The first-order valence-corrected chi connectivity index (χ1v) is 9.80. The molecule has 2 saturated heterocycles. The van der Waals surface area contributed by atoms with Gasteiger partial charge < -0.3 is 4.90 Å². The summed E-state index contributed by atoms with van der Waals surface area (Å²) in [5, 5.41) is 7.65. The minimum absolute atomic E-state index is 0.0370. The number of likely N-dealkylation sites (tertiary alicyclic amines) is 2. The number of carbonyl (C=O) groups is 1. The maximum Gasteiger partial charge on any atom is 0.253 e. The average Bonchev–Trinajstić information content (AvgIpc) is 3.43. The fourth-order valence-corrected chi connectivity index (χ4v) is 4.93. The van der Waals surface area contributed by atoms with Crippen LogP contribution in [0.4, 0.5) is 4.39 Å². The van der Waals surface area contributed by atoms with Crippen molar-refractivity contribution in [3.05, 3.63) is 78.1 Å². The molecule has 0 saturated carbocycles. The molecule has 29 heavy (non-hydrogen) atoms. The van der Waals surface area contributed by atoms with Crippen LogP contribution in [-0.4, -0.2) is 57.2 Å². The highest BCUT2D eigenvalue weighted by atomic mass is 19.1. The fraction of sp³-hybridized carbons (Fsp3) is 0.318. The third-order valence-corrected chi connectivity index (χ3v) is 6.18. The van der Waals surface area contributed by atoms with Crippen LogP contribution < -0.4 is 0 Å². The molecule has 148 valence electrons. The van der Waals surface area contributed by atoms with Gasteiger partial charge in [0.15, 0.2) is 0 Å². The minimum Gasteiger partial charge on any atom is -0.338 e. The molecule has 2 aliphatic heterocycles. The van der Waals surface area contributed by atoms with Gasteiger partial charge in [0.05, 0.1) is 0 Å². The molecule has 0 aliphatic carbocycles. The van der Waals surface area contributed by atoms with Crippen LogP contribution in [0.25, 0.3) is 5.69 Å². The van der Waals surface area contributed by atoms with E-state index in [1.54, 1.807) is 29.4 Å². The van der Waals surface area contributed by atoms with E-state index in [0.29, 0.717) is 23.9 Å². The van der Waals surface area contributed by atoms with Crippen molar-refractivity contribution >= 4 is 5.91 Å². The number of rotatable bonds is 3. The van der Waals surface area contributed by atoms with E-state index in [1.807, 2.05) is 35.2 Å². The zero-order valence-corrected chi connectivity index (χ0v) is 16.1. The molecule has 7 heteroatoms. The van der Waals surface area contributed by atoms with Crippen molar-refractivity contribution in [2.75, 3.05) is 26.7 Å². The van der Waals surface area contributed by atoms with Crippen LogP contribution in [0.1, 0.15) is 22.0 Å². The van der Waals surface area contributed by atoms with Gasteiger partial charge in [-0.25, -0.2) is 4.39 Å². The van der Waals surface area contributed by atoms with Gasteiger partial charge in [0.25, 0.3) is 5.91 Å². The molecule has 0 unspecified atom stereocenters. The first-order valence-electron chi connectivity index (χ1n) is 9.80. The summed E-state index contributed by atoms with van der Waals surface area (Å²) in [6.07, 6.45) is 3.23. The number of amides is 1. The van der Waals surface area contributed by atoms with E-state index >= 15 is 0 Å². The summed E-state index contributed by atoms with van der Waals surface area (Å²) in [6, 6.07) is 14.5. The number of nitrogens with zero attached hydrogens (tertiary/aromatic N) is 5. The molecule has 6 nitrogen and oxygen atoms in total. The molecule has 0 spiro atoms. The standard InChI is InChI=1S/C22H22FN5O/c1-26-10-17-11-27(12-20(17)21(26)15-4-2-6-18(23)8-15)22(29)16-5-3-7-19(9-16)28-13-24-25-14-28/h2-9,13-14,17,20-21H,10-12H2,1H3/t17-,20+,21-/m0/s1. The summed E-state index contributed by atoms with van der Waals surface area (Å²) in [5.74, 6) is 0.538. The molecule has 0 radical (unpaired) electrons. The predicted octanol–water partition coefficient (Wildman–Crippen LogP) is 2.78. The normalized spacial score (nSPS) is 24.1. The highest BCUT2D eigenvalue weighted by Gasteiger charge is 2.47. The highest BCUT2D eigenvalue weighted by molar-refractivity contribution is 5.95. The first-order chi connectivity index (χ1) is 14.1. The molecule has 0 N–H and O–H groups in total. The van der Waals surface area contributed by atoms with E-state index in [1.165, 1.54) is 6.07 Å². The number of benzene rings is 2. The lowest BCUT2D eigenvalue weighted by atomic mass is 9.89. The lowest BCUT2D eigenvalue weighted by Gasteiger charge is -2.27. The monoisotopic (exact) mass is 391 g/mol. The molecular weight excluding hydrogens is 369 g/mol. The Morgan fingerprint density at radius 1 is 1.03 bits per heavy atom. The van der Waals surface area contributed by atoms with Crippen molar-refractivity contribution in [2.45, 2.75) is 6.04 Å². The second-order valence-electron chi connectivity index (χ2n) is 7.99. The third-order valence-electron chi connectivity index (χ3n) is 6.18. The maximum absolute atomic E-state index is 13.8. The van der Waals surface area contributed by atoms with Gasteiger partial charge in [0.1, 0.15) is 18.5 Å². The molecule has 5 rings (SSSR count). The summed E-state index contributed by atoms with van der Waals surface area (Å²) >= 11 is 0. The quantitative estimate of drug-likeness (QED) is 0.689. The van der Waals surface area contributed by atoms with E-state index in [0.717, 1.165) is 24.3 Å². The fourth-order valence-electron chi connectivity index (χ4n) is 4.93. The van der Waals surface area contributed by atoms with E-state index in [2.05, 4.69) is 22.1 Å². The molecule has 2 fully saturated rings. The zero-order chi connectivity index (χ0) is 20.0. The maximum atomic E-state index is 13.8. The summed E-state index contributed by atoms with van der Waals surface area (Å²) in [6.45, 7) is 2.33. The van der Waals surface area contributed by atoms with E-state index in [9.17, 15) is 9.18 Å². The van der Waals surface area contributed by atoms with Gasteiger partial charge in [-0.2, -0.15) is 0 Å². The molecule has 2 aliphatic rings. The molecule has 1 aromatic heterocycles. The first kappa shape index (κ1) is 18.0. The lowest BCUT2D eigenvalue weighted by molar-refractivity contribution is 0.0767. The number of fused-ring (bicyclic) bond motifs is 1. The zero-order valence-electron chi connectivity index (χ0n) is 16.1. The van der Waals surface area contributed by atoms with Gasteiger partial charge in [-0.3, -0.25) is 14.3 Å². The Bertz CT molecular complexity index is 1040. The van der Waals surface area contributed by atoms with Crippen LogP contribution >= 0.6 is 0 Å². The Morgan fingerprint density at radius 2 is 1.83 bits per heavy atom. The number of hydrogen-bond acceptors (Lipinski definition) is 4. The molecule has 0 bridgehead atoms. The van der Waals surface area contributed by atoms with Gasteiger partial charge in [-0.05, 0) is 48.9 Å². The van der Waals surface area contributed by atoms with Gasteiger partial charge in [-0.15, -0.1) is 10.2 Å². The van der Waals surface area contributed by atoms with Gasteiger partial charge in [0.2, 0.25) is 0 Å².